The Labute approximate surface area is 160 Å². The number of amides is 1. The minimum Gasteiger partial charge on any atom is -0.484 e. The number of ether oxygens (including phenoxy) is 1. The van der Waals surface area contributed by atoms with Crippen LogP contribution in [-0.4, -0.2) is 30.9 Å². The lowest BCUT2D eigenvalue weighted by Crippen LogP contribution is -2.24. The highest BCUT2D eigenvalue weighted by Gasteiger charge is 2.16. The van der Waals surface area contributed by atoms with Gasteiger partial charge in [0.2, 0.25) is 10.0 Å². The number of nitrogens with one attached hydrogen (secondary N) is 1. The first-order valence-electron chi connectivity index (χ1n) is 7.79. The molecule has 3 aromatic rings. The third-order valence-electron chi connectivity index (χ3n) is 3.51. The molecule has 0 bridgehead atoms. The maximum absolute atomic E-state index is 12.5. The minimum absolute atomic E-state index is 0.00127. The zero-order valence-electron chi connectivity index (χ0n) is 14.0. The largest absolute Gasteiger partial charge is 0.484 e. The molecule has 0 unspecified atom stereocenters. The van der Waals surface area contributed by atoms with Crippen LogP contribution in [0.4, 0.5) is 0 Å². The number of rotatable bonds is 8. The van der Waals surface area contributed by atoms with Crippen LogP contribution in [0.3, 0.4) is 0 Å². The van der Waals surface area contributed by atoms with E-state index in [0.29, 0.717) is 17.1 Å². The van der Waals surface area contributed by atoms with Gasteiger partial charge in [0.25, 0.3) is 5.91 Å². The Balaban J connectivity index is 1.72. The summed E-state index contributed by atoms with van der Waals surface area (Å²) in [4.78, 5) is 19.3. The van der Waals surface area contributed by atoms with Gasteiger partial charge in [0.15, 0.2) is 6.61 Å². The number of benzene rings is 1. The van der Waals surface area contributed by atoms with E-state index in [1.165, 1.54) is 41.8 Å². The molecule has 0 atom stereocenters. The van der Waals surface area contributed by atoms with Crippen molar-refractivity contribution >= 4 is 27.3 Å². The molecule has 1 amide bonds. The molecule has 8 nitrogen and oxygen atoms in total. The Kier molecular flexibility index (Phi) is 5.79. The average Bonchev–Trinajstić information content (AvgIpc) is 3.20. The Bertz CT molecular complexity index is 1020. The molecular formula is C17H16N4O4S2. The average molecular weight is 404 g/mol. The van der Waals surface area contributed by atoms with E-state index >= 15 is 0 Å². The lowest BCUT2D eigenvalue weighted by Gasteiger charge is -2.10. The fourth-order valence-electron chi connectivity index (χ4n) is 2.25. The monoisotopic (exact) mass is 404 g/mol. The van der Waals surface area contributed by atoms with Crippen LogP contribution in [0.25, 0.3) is 11.3 Å². The number of nitrogens with zero attached hydrogens (tertiary/aromatic N) is 2. The van der Waals surface area contributed by atoms with Crippen LogP contribution in [0.5, 0.6) is 5.75 Å². The summed E-state index contributed by atoms with van der Waals surface area (Å²) in [6.07, 6.45) is 3.08. The quantitative estimate of drug-likeness (QED) is 0.587. The number of carbonyl (C=O) groups excluding carboxylic acids is 1. The van der Waals surface area contributed by atoms with Gasteiger partial charge in [-0.2, -0.15) is 11.3 Å². The number of primary amides is 1. The van der Waals surface area contributed by atoms with Gasteiger partial charge in [-0.3, -0.25) is 14.8 Å². The van der Waals surface area contributed by atoms with Gasteiger partial charge >= 0.3 is 0 Å². The lowest BCUT2D eigenvalue weighted by atomic mass is 10.2. The number of aromatic nitrogens is 2. The summed E-state index contributed by atoms with van der Waals surface area (Å²) in [6, 6.07) is 7.58. The molecule has 0 saturated heterocycles. The maximum Gasteiger partial charge on any atom is 0.255 e. The fourth-order valence-corrected chi connectivity index (χ4v) is 3.88. The van der Waals surface area contributed by atoms with Crippen LogP contribution in [0.1, 0.15) is 5.69 Å². The SMILES string of the molecule is NC(=O)COc1ccc(S(=O)(=O)NCc2nccnc2-c2ccsc2)cc1. The van der Waals surface area contributed by atoms with Crippen molar-refractivity contribution in [1.29, 1.82) is 0 Å². The summed E-state index contributed by atoms with van der Waals surface area (Å²) >= 11 is 1.52. The fraction of sp³-hybridized carbons (Fsp3) is 0.118. The predicted molar refractivity (Wildman–Crippen MR) is 101 cm³/mol. The van der Waals surface area contributed by atoms with Crippen LogP contribution >= 0.6 is 11.3 Å². The van der Waals surface area contributed by atoms with Gasteiger partial charge in [-0.15, -0.1) is 0 Å². The number of thiophene rings is 1. The summed E-state index contributed by atoms with van der Waals surface area (Å²) in [6.45, 7) is -0.274. The molecule has 1 aromatic carbocycles. The van der Waals surface area contributed by atoms with Crippen LogP contribution in [0, 0.1) is 0 Å². The smallest absolute Gasteiger partial charge is 0.255 e. The molecule has 0 radical (unpaired) electrons. The number of hydrogen-bond acceptors (Lipinski definition) is 7. The number of carbonyl (C=O) groups is 1. The van der Waals surface area contributed by atoms with Crippen molar-refractivity contribution in [3.63, 3.8) is 0 Å². The summed E-state index contributed by atoms with van der Waals surface area (Å²) in [7, 11) is -3.75. The van der Waals surface area contributed by atoms with E-state index < -0.39 is 15.9 Å². The Hall–Kier alpha value is -2.82. The first-order valence-corrected chi connectivity index (χ1v) is 10.2. The van der Waals surface area contributed by atoms with Gasteiger partial charge in [0, 0.05) is 23.3 Å². The van der Waals surface area contributed by atoms with Crippen molar-refractivity contribution in [2.75, 3.05) is 6.61 Å². The number of nitrogens with two attached hydrogens (primary N) is 1. The summed E-state index contributed by atoms with van der Waals surface area (Å²) in [5, 5.41) is 3.84. The van der Waals surface area contributed by atoms with Crippen molar-refractivity contribution in [1.82, 2.24) is 14.7 Å². The first kappa shape index (κ1) is 19.0. The molecule has 3 N–H and O–H groups in total. The zero-order chi connectivity index (χ0) is 19.3. The molecule has 0 saturated carbocycles. The summed E-state index contributed by atoms with van der Waals surface area (Å²) < 4.78 is 32.7. The van der Waals surface area contributed by atoms with E-state index in [-0.39, 0.29) is 18.0 Å². The standard InChI is InChI=1S/C17H16N4O4S2/c18-16(22)10-25-13-1-3-14(4-2-13)27(23,24)21-9-15-17(20-7-6-19-15)12-5-8-26-11-12/h1-8,11,21H,9-10H2,(H2,18,22). The topological polar surface area (TPSA) is 124 Å². The Morgan fingerprint density at radius 1 is 1.15 bits per heavy atom. The predicted octanol–water partition coefficient (Wildman–Crippen LogP) is 1.55. The third kappa shape index (κ3) is 4.88. The van der Waals surface area contributed by atoms with Crippen molar-refractivity contribution < 1.29 is 17.9 Å². The van der Waals surface area contributed by atoms with Crippen molar-refractivity contribution in [3.8, 4) is 17.0 Å². The Morgan fingerprint density at radius 3 is 2.56 bits per heavy atom. The van der Waals surface area contributed by atoms with Crippen molar-refractivity contribution in [2.24, 2.45) is 5.73 Å². The highest BCUT2D eigenvalue weighted by atomic mass is 32.2. The number of hydrogen-bond donors (Lipinski definition) is 2. The van der Waals surface area contributed by atoms with Crippen molar-refractivity contribution in [3.05, 3.63) is 59.2 Å². The van der Waals surface area contributed by atoms with E-state index in [4.69, 9.17) is 10.5 Å². The maximum atomic E-state index is 12.5. The van der Waals surface area contributed by atoms with Crippen LogP contribution < -0.4 is 15.2 Å². The van der Waals surface area contributed by atoms with Crippen molar-refractivity contribution in [2.45, 2.75) is 11.4 Å². The molecule has 0 aliphatic heterocycles. The highest BCUT2D eigenvalue weighted by molar-refractivity contribution is 7.89. The second-order valence-corrected chi connectivity index (χ2v) is 7.96. The molecule has 2 aromatic heterocycles. The van der Waals surface area contributed by atoms with Gasteiger partial charge < -0.3 is 10.5 Å². The second-order valence-electron chi connectivity index (χ2n) is 5.41. The molecule has 10 heteroatoms. The molecule has 3 rings (SSSR count). The minimum atomic E-state index is -3.75. The first-order chi connectivity index (χ1) is 13.0. The highest BCUT2D eigenvalue weighted by Crippen LogP contribution is 2.23. The van der Waals surface area contributed by atoms with Crippen LogP contribution in [0.15, 0.2) is 58.4 Å². The van der Waals surface area contributed by atoms with Crippen LogP contribution in [0.2, 0.25) is 0 Å². The normalized spacial score (nSPS) is 11.3. The van der Waals surface area contributed by atoms with Gasteiger partial charge in [-0.05, 0) is 35.7 Å². The van der Waals surface area contributed by atoms with Gasteiger partial charge in [0.1, 0.15) is 5.75 Å². The van der Waals surface area contributed by atoms with E-state index in [2.05, 4.69) is 14.7 Å². The Morgan fingerprint density at radius 2 is 1.89 bits per heavy atom. The molecule has 0 aliphatic carbocycles. The summed E-state index contributed by atoms with van der Waals surface area (Å²) in [5.41, 5.74) is 7.05. The van der Waals surface area contributed by atoms with E-state index in [1.54, 1.807) is 6.20 Å². The van der Waals surface area contributed by atoms with Gasteiger partial charge in [-0.1, -0.05) is 0 Å². The van der Waals surface area contributed by atoms with Gasteiger partial charge in [0.05, 0.1) is 22.8 Å². The lowest BCUT2D eigenvalue weighted by molar-refractivity contribution is -0.119. The molecular weight excluding hydrogens is 388 g/mol. The van der Waals surface area contributed by atoms with Gasteiger partial charge in [-0.25, -0.2) is 13.1 Å². The zero-order valence-corrected chi connectivity index (χ0v) is 15.7. The molecule has 0 fully saturated rings. The molecule has 0 spiro atoms. The molecule has 2 heterocycles. The molecule has 0 aliphatic rings. The molecule has 27 heavy (non-hydrogen) atoms. The summed E-state index contributed by atoms with van der Waals surface area (Å²) in [5.74, 6) is -0.264. The molecule has 140 valence electrons. The third-order valence-corrected chi connectivity index (χ3v) is 5.61. The number of sulfonamides is 1. The van der Waals surface area contributed by atoms with Crippen LogP contribution in [-0.2, 0) is 21.4 Å². The van der Waals surface area contributed by atoms with E-state index in [0.717, 1.165) is 5.56 Å². The second kappa shape index (κ2) is 8.25. The van der Waals surface area contributed by atoms with E-state index in [1.807, 2.05) is 16.8 Å². The van der Waals surface area contributed by atoms with E-state index in [9.17, 15) is 13.2 Å².